The number of nitrogens with zero attached hydrogens (tertiary/aromatic N) is 1. The fourth-order valence-corrected chi connectivity index (χ4v) is 3.23. The van der Waals surface area contributed by atoms with Crippen LogP contribution in [0.3, 0.4) is 0 Å². The second-order valence-corrected chi connectivity index (χ2v) is 6.07. The van der Waals surface area contributed by atoms with Gasteiger partial charge in [-0.3, -0.25) is 4.79 Å². The van der Waals surface area contributed by atoms with Gasteiger partial charge in [0.1, 0.15) is 0 Å². The van der Waals surface area contributed by atoms with Crippen LogP contribution in [0.2, 0.25) is 0 Å². The molecule has 0 spiro atoms. The molecule has 1 saturated heterocycles. The highest BCUT2D eigenvalue weighted by atomic mass is 35.5. The summed E-state index contributed by atoms with van der Waals surface area (Å²) < 4.78 is 10.9. The molecule has 2 aromatic rings. The Hall–Kier alpha value is -2.24. The van der Waals surface area contributed by atoms with Gasteiger partial charge < -0.3 is 19.7 Å². The van der Waals surface area contributed by atoms with E-state index in [2.05, 4.69) is 17.4 Å². The minimum atomic E-state index is 0. The lowest BCUT2D eigenvalue weighted by atomic mass is 10.1. The van der Waals surface area contributed by atoms with Crippen molar-refractivity contribution in [3.05, 3.63) is 53.6 Å². The Morgan fingerprint density at radius 2 is 1.96 bits per heavy atom. The molecule has 0 bridgehead atoms. The molecule has 0 radical (unpaired) electrons. The zero-order chi connectivity index (χ0) is 16.4. The number of benzene rings is 2. The summed E-state index contributed by atoms with van der Waals surface area (Å²) in [5, 5.41) is 3.44. The third kappa shape index (κ3) is 3.72. The first-order valence-corrected chi connectivity index (χ1v) is 8.29. The number of para-hydroxylation sites is 1. The molecule has 2 heterocycles. The molecule has 0 unspecified atom stereocenters. The second-order valence-electron chi connectivity index (χ2n) is 6.07. The Morgan fingerprint density at radius 3 is 2.80 bits per heavy atom. The molecule has 0 atom stereocenters. The standard InChI is InChI=1S/C19H20N2O3.ClH/c22-18-8-3-9-21(18)16-6-1-4-14(10-16)11-20-12-15-5-2-7-17-19(15)24-13-23-17;/h1-2,4-7,10,20H,3,8-9,11-13H2;1H. The lowest BCUT2D eigenvalue weighted by Gasteiger charge is -2.16. The Kier molecular flexibility index (Phi) is 5.46. The Morgan fingerprint density at radius 1 is 1.08 bits per heavy atom. The van der Waals surface area contributed by atoms with Gasteiger partial charge in [0.05, 0.1) is 0 Å². The summed E-state index contributed by atoms with van der Waals surface area (Å²) in [7, 11) is 0. The maximum Gasteiger partial charge on any atom is 0.231 e. The topological polar surface area (TPSA) is 50.8 Å². The molecule has 4 rings (SSSR count). The highest BCUT2D eigenvalue weighted by Gasteiger charge is 2.21. The van der Waals surface area contributed by atoms with Crippen LogP contribution >= 0.6 is 12.4 Å². The Balaban J connectivity index is 0.00000182. The molecule has 25 heavy (non-hydrogen) atoms. The number of amides is 1. The zero-order valence-electron chi connectivity index (χ0n) is 13.9. The van der Waals surface area contributed by atoms with Crippen LogP contribution in [0.25, 0.3) is 0 Å². The van der Waals surface area contributed by atoms with E-state index in [0.717, 1.165) is 47.8 Å². The molecule has 0 saturated carbocycles. The molecule has 6 heteroatoms. The molecule has 0 aromatic heterocycles. The van der Waals surface area contributed by atoms with Crippen molar-refractivity contribution >= 4 is 24.0 Å². The number of carbonyl (C=O) groups is 1. The van der Waals surface area contributed by atoms with Gasteiger partial charge >= 0.3 is 0 Å². The van der Waals surface area contributed by atoms with Gasteiger partial charge in [-0.05, 0) is 30.2 Å². The van der Waals surface area contributed by atoms with Crippen LogP contribution in [-0.2, 0) is 17.9 Å². The molecule has 1 amide bonds. The van der Waals surface area contributed by atoms with E-state index in [1.807, 2.05) is 35.2 Å². The molecule has 1 N–H and O–H groups in total. The number of anilines is 1. The van der Waals surface area contributed by atoms with Gasteiger partial charge in [-0.1, -0.05) is 24.3 Å². The van der Waals surface area contributed by atoms with Crippen LogP contribution in [0.1, 0.15) is 24.0 Å². The predicted octanol–water partition coefficient (Wildman–Crippen LogP) is 3.25. The van der Waals surface area contributed by atoms with E-state index in [4.69, 9.17) is 9.47 Å². The second kappa shape index (κ2) is 7.76. The number of hydrogen-bond donors (Lipinski definition) is 1. The van der Waals surface area contributed by atoms with Crippen LogP contribution in [0, 0.1) is 0 Å². The summed E-state index contributed by atoms with van der Waals surface area (Å²) in [6.45, 7) is 2.56. The van der Waals surface area contributed by atoms with E-state index in [9.17, 15) is 4.79 Å². The highest BCUT2D eigenvalue weighted by Crippen LogP contribution is 2.35. The first-order chi connectivity index (χ1) is 11.8. The molecule has 2 aliphatic rings. The number of carbonyl (C=O) groups excluding carboxylic acids is 1. The summed E-state index contributed by atoms with van der Waals surface area (Å²) in [5.74, 6) is 1.86. The van der Waals surface area contributed by atoms with Crippen LogP contribution < -0.4 is 19.7 Å². The summed E-state index contributed by atoms with van der Waals surface area (Å²) in [4.78, 5) is 13.8. The Labute approximate surface area is 153 Å². The van der Waals surface area contributed by atoms with Crippen LogP contribution in [0.4, 0.5) is 5.69 Å². The van der Waals surface area contributed by atoms with Crippen LogP contribution in [0.5, 0.6) is 11.5 Å². The average Bonchev–Trinajstić information content (AvgIpc) is 3.24. The number of ether oxygens (including phenoxy) is 2. The lowest BCUT2D eigenvalue weighted by molar-refractivity contribution is -0.117. The number of halogens is 1. The average molecular weight is 361 g/mol. The van der Waals surface area contributed by atoms with Crippen LogP contribution in [-0.4, -0.2) is 19.2 Å². The number of fused-ring (bicyclic) bond motifs is 1. The van der Waals surface area contributed by atoms with Gasteiger partial charge in [0.2, 0.25) is 12.7 Å². The molecule has 132 valence electrons. The highest BCUT2D eigenvalue weighted by molar-refractivity contribution is 5.95. The smallest absolute Gasteiger partial charge is 0.231 e. The van der Waals surface area contributed by atoms with E-state index in [-0.39, 0.29) is 25.1 Å². The zero-order valence-corrected chi connectivity index (χ0v) is 14.7. The van der Waals surface area contributed by atoms with Gasteiger partial charge in [-0.15, -0.1) is 12.4 Å². The van der Waals surface area contributed by atoms with Crippen molar-refractivity contribution in [2.24, 2.45) is 0 Å². The number of rotatable bonds is 5. The van der Waals surface area contributed by atoms with Crippen molar-refractivity contribution in [1.82, 2.24) is 5.32 Å². The molecule has 5 nitrogen and oxygen atoms in total. The van der Waals surface area contributed by atoms with E-state index >= 15 is 0 Å². The van der Waals surface area contributed by atoms with E-state index < -0.39 is 0 Å². The molecule has 2 aliphatic heterocycles. The van der Waals surface area contributed by atoms with Crippen molar-refractivity contribution in [2.75, 3.05) is 18.2 Å². The van der Waals surface area contributed by atoms with Crippen molar-refractivity contribution in [1.29, 1.82) is 0 Å². The normalized spacial score (nSPS) is 15.4. The van der Waals surface area contributed by atoms with Gasteiger partial charge in [0, 0.05) is 37.3 Å². The summed E-state index contributed by atoms with van der Waals surface area (Å²) in [5.41, 5.74) is 3.25. The maximum absolute atomic E-state index is 11.9. The van der Waals surface area contributed by atoms with E-state index in [1.54, 1.807) is 0 Å². The third-order valence-corrected chi connectivity index (χ3v) is 4.42. The minimum absolute atomic E-state index is 0. The van der Waals surface area contributed by atoms with Gasteiger partial charge in [0.15, 0.2) is 11.5 Å². The van der Waals surface area contributed by atoms with Crippen LogP contribution in [0.15, 0.2) is 42.5 Å². The molecule has 1 fully saturated rings. The monoisotopic (exact) mass is 360 g/mol. The SMILES string of the molecule is Cl.O=C1CCCN1c1cccc(CNCc2cccc3c2OCO3)c1. The van der Waals surface area contributed by atoms with E-state index in [0.29, 0.717) is 13.0 Å². The minimum Gasteiger partial charge on any atom is -0.454 e. The van der Waals surface area contributed by atoms with Crippen molar-refractivity contribution in [3.63, 3.8) is 0 Å². The lowest BCUT2D eigenvalue weighted by Crippen LogP contribution is -2.23. The third-order valence-electron chi connectivity index (χ3n) is 4.42. The molecular weight excluding hydrogens is 340 g/mol. The fraction of sp³-hybridized carbons (Fsp3) is 0.316. The molecule has 0 aliphatic carbocycles. The fourth-order valence-electron chi connectivity index (χ4n) is 3.23. The maximum atomic E-state index is 11.9. The molecular formula is C19H21ClN2O3. The van der Waals surface area contributed by atoms with Crippen molar-refractivity contribution in [2.45, 2.75) is 25.9 Å². The van der Waals surface area contributed by atoms with Gasteiger partial charge in [-0.2, -0.15) is 0 Å². The number of nitrogens with one attached hydrogen (secondary N) is 1. The first kappa shape index (κ1) is 17.6. The van der Waals surface area contributed by atoms with Gasteiger partial charge in [-0.25, -0.2) is 0 Å². The Bertz CT molecular complexity index is 766. The number of hydrogen-bond acceptors (Lipinski definition) is 4. The van der Waals surface area contributed by atoms with Gasteiger partial charge in [0.25, 0.3) is 0 Å². The van der Waals surface area contributed by atoms with Crippen molar-refractivity contribution in [3.8, 4) is 11.5 Å². The predicted molar refractivity (Wildman–Crippen MR) is 98.4 cm³/mol. The summed E-state index contributed by atoms with van der Waals surface area (Å²) in [6.07, 6.45) is 1.60. The summed E-state index contributed by atoms with van der Waals surface area (Å²) in [6, 6.07) is 14.1. The first-order valence-electron chi connectivity index (χ1n) is 8.29. The summed E-state index contributed by atoms with van der Waals surface area (Å²) >= 11 is 0. The van der Waals surface area contributed by atoms with E-state index in [1.165, 1.54) is 0 Å². The largest absolute Gasteiger partial charge is 0.454 e. The van der Waals surface area contributed by atoms with Crippen molar-refractivity contribution < 1.29 is 14.3 Å². The molecule has 2 aromatic carbocycles. The quantitative estimate of drug-likeness (QED) is 0.889.